The van der Waals surface area contributed by atoms with Gasteiger partial charge in [-0.25, -0.2) is 14.2 Å². The highest BCUT2D eigenvalue weighted by Crippen LogP contribution is 2.26. The summed E-state index contributed by atoms with van der Waals surface area (Å²) in [5.41, 5.74) is 2.40. The van der Waals surface area contributed by atoms with Gasteiger partial charge in [-0.1, -0.05) is 25.4 Å². The van der Waals surface area contributed by atoms with Crippen LogP contribution in [0, 0.1) is 5.82 Å². The Hall–Kier alpha value is -2.69. The fourth-order valence-electron chi connectivity index (χ4n) is 3.25. The second kappa shape index (κ2) is 11.1. The topological polar surface area (TPSA) is 99.9 Å². The Kier molecular flexibility index (Phi) is 8.78. The molecule has 0 spiro atoms. The molecule has 2 aliphatic heterocycles. The number of hydrogen-bond donors (Lipinski definition) is 2. The normalized spacial score (nSPS) is 14.9. The first-order chi connectivity index (χ1) is 14.9. The molecule has 0 saturated heterocycles. The highest BCUT2D eigenvalue weighted by Gasteiger charge is 2.33. The monoisotopic (exact) mass is 455 g/mol. The number of carbonyl (C=O) groups excluding carboxylic acids is 2. The average molecular weight is 456 g/mol. The Morgan fingerprint density at radius 3 is 2.68 bits per heavy atom. The first-order valence-electron chi connectivity index (χ1n) is 9.89. The van der Waals surface area contributed by atoms with E-state index in [0.717, 1.165) is 18.4 Å². The lowest BCUT2D eigenvalue weighted by Gasteiger charge is -2.27. The Labute approximate surface area is 185 Å². The molecule has 2 aliphatic rings. The minimum Gasteiger partial charge on any atom is -0.400 e. The van der Waals surface area contributed by atoms with Crippen molar-refractivity contribution in [2.75, 3.05) is 32.6 Å². The molecule has 9 nitrogen and oxygen atoms in total. The molecule has 2 aromatic rings. The minimum atomic E-state index is -0.551. The summed E-state index contributed by atoms with van der Waals surface area (Å²) in [5, 5.41) is 15.3. The number of anilines is 1. The fourth-order valence-corrected chi connectivity index (χ4v) is 3.43. The van der Waals surface area contributed by atoms with Crippen LogP contribution in [-0.4, -0.2) is 64.1 Å². The molecule has 0 unspecified atom stereocenters. The number of fused-ring (bicyclic) bond motifs is 3. The smallest absolute Gasteiger partial charge is 0.322 e. The van der Waals surface area contributed by atoms with Gasteiger partial charge in [0.1, 0.15) is 11.5 Å². The van der Waals surface area contributed by atoms with E-state index < -0.39 is 5.82 Å². The molecule has 0 aliphatic carbocycles. The van der Waals surface area contributed by atoms with Crippen LogP contribution in [0.5, 0.6) is 0 Å². The van der Waals surface area contributed by atoms with Crippen molar-refractivity contribution in [2.24, 2.45) is 0 Å². The number of amides is 3. The van der Waals surface area contributed by atoms with Crippen molar-refractivity contribution in [1.29, 1.82) is 0 Å². The number of aliphatic hydroxyl groups is 1. The summed E-state index contributed by atoms with van der Waals surface area (Å²) in [7, 11) is 2.56. The summed E-state index contributed by atoms with van der Waals surface area (Å²) in [5.74, 6) is -0.835. The van der Waals surface area contributed by atoms with Crippen LogP contribution in [0.25, 0.3) is 0 Å². The fraction of sp³-hybridized carbons (Fsp3) is 0.450. The number of aromatic nitrogens is 2. The molecule has 1 aromatic carbocycles. The Balaban J connectivity index is 0.000000807. The van der Waals surface area contributed by atoms with E-state index in [-0.39, 0.29) is 23.5 Å². The van der Waals surface area contributed by atoms with Gasteiger partial charge in [-0.3, -0.25) is 14.3 Å². The summed E-state index contributed by atoms with van der Waals surface area (Å²) in [4.78, 5) is 32.1. The summed E-state index contributed by atoms with van der Waals surface area (Å²) >= 11 is 5.76. The summed E-state index contributed by atoms with van der Waals surface area (Å²) < 4.78 is 14.9. The van der Waals surface area contributed by atoms with Crippen molar-refractivity contribution in [3.05, 3.63) is 46.0 Å². The van der Waals surface area contributed by atoms with Gasteiger partial charge in [0.05, 0.1) is 30.4 Å². The largest absolute Gasteiger partial charge is 0.400 e. The number of hydrogen-bond acceptors (Lipinski definition) is 5. The lowest BCUT2D eigenvalue weighted by molar-refractivity contribution is -0.103. The second-order valence-electron chi connectivity index (χ2n) is 6.36. The van der Waals surface area contributed by atoms with E-state index in [1.807, 2.05) is 13.8 Å². The van der Waals surface area contributed by atoms with E-state index in [2.05, 4.69) is 10.4 Å². The third kappa shape index (κ3) is 5.33. The van der Waals surface area contributed by atoms with Gasteiger partial charge in [0.15, 0.2) is 0 Å². The van der Waals surface area contributed by atoms with Crippen LogP contribution in [0.3, 0.4) is 0 Å². The predicted molar refractivity (Wildman–Crippen MR) is 114 cm³/mol. The molecule has 0 bridgehead atoms. The van der Waals surface area contributed by atoms with E-state index in [0.29, 0.717) is 37.5 Å². The van der Waals surface area contributed by atoms with Gasteiger partial charge in [0.2, 0.25) is 0 Å². The molecule has 3 heterocycles. The van der Waals surface area contributed by atoms with Gasteiger partial charge >= 0.3 is 6.03 Å². The molecule has 3 amide bonds. The molecular formula is C20H27ClFN5O4. The first kappa shape index (κ1) is 24.6. The van der Waals surface area contributed by atoms with Gasteiger partial charge in [0, 0.05) is 38.4 Å². The number of rotatable bonds is 1. The summed E-state index contributed by atoms with van der Waals surface area (Å²) in [6.07, 6.45) is 0.546. The maximum absolute atomic E-state index is 13.3. The predicted octanol–water partition coefficient (Wildman–Crippen LogP) is 2.92. The molecule has 1 aromatic heterocycles. The van der Waals surface area contributed by atoms with Crippen LogP contribution >= 0.6 is 11.6 Å². The zero-order valence-corrected chi connectivity index (χ0v) is 18.7. The summed E-state index contributed by atoms with van der Waals surface area (Å²) in [6.45, 7) is 5.54. The number of nitrogens with one attached hydrogen (secondary N) is 1. The second-order valence-corrected chi connectivity index (χ2v) is 6.77. The number of aliphatic hydroxyl groups excluding tert-OH is 1. The highest BCUT2D eigenvalue weighted by atomic mass is 35.5. The molecule has 31 heavy (non-hydrogen) atoms. The Bertz CT molecular complexity index is 937. The van der Waals surface area contributed by atoms with E-state index in [1.54, 1.807) is 16.6 Å². The molecular weight excluding hydrogens is 429 g/mol. The standard InChI is InChI=1S/C17H17ClFN5O3.C2H6.CH4O/c1-22-16(25)15-11-9-23(5-4-14(11)21-24(15)6-7-27-22)17(26)20-10-2-3-13(19)12(18)8-10;2*1-2/h2-3,8H,4-7,9H2,1H3,(H,20,26);1-2H3;2H,1H3. The van der Waals surface area contributed by atoms with Gasteiger partial charge < -0.3 is 15.3 Å². The molecule has 0 atom stereocenters. The third-order valence-corrected chi connectivity index (χ3v) is 4.93. The third-order valence-electron chi connectivity index (χ3n) is 4.64. The SMILES string of the molecule is CC.CN1OCCn2nc3c(c2C1=O)CN(C(=O)Nc1ccc(F)c(Cl)c1)CC3.CO. The van der Waals surface area contributed by atoms with Crippen molar-refractivity contribution >= 4 is 29.2 Å². The Morgan fingerprint density at radius 1 is 1.29 bits per heavy atom. The van der Waals surface area contributed by atoms with Gasteiger partial charge in [-0.05, 0) is 18.2 Å². The summed E-state index contributed by atoms with van der Waals surface area (Å²) in [6, 6.07) is 3.63. The van der Waals surface area contributed by atoms with E-state index >= 15 is 0 Å². The van der Waals surface area contributed by atoms with Crippen molar-refractivity contribution in [3.63, 3.8) is 0 Å². The van der Waals surface area contributed by atoms with Crippen LogP contribution < -0.4 is 5.32 Å². The molecule has 0 fully saturated rings. The molecule has 0 saturated carbocycles. The maximum Gasteiger partial charge on any atom is 0.322 e. The van der Waals surface area contributed by atoms with Crippen LogP contribution in [0.2, 0.25) is 5.02 Å². The van der Waals surface area contributed by atoms with E-state index in [4.69, 9.17) is 21.5 Å². The van der Waals surface area contributed by atoms with E-state index in [1.165, 1.54) is 23.3 Å². The molecule has 0 radical (unpaired) electrons. The highest BCUT2D eigenvalue weighted by molar-refractivity contribution is 6.31. The molecule has 11 heteroatoms. The lowest BCUT2D eigenvalue weighted by Crippen LogP contribution is -2.39. The van der Waals surface area contributed by atoms with E-state index in [9.17, 15) is 14.0 Å². The zero-order valence-electron chi connectivity index (χ0n) is 18.0. The molecule has 170 valence electrons. The average Bonchev–Trinajstić information content (AvgIpc) is 3.09. The maximum atomic E-state index is 13.3. The number of urea groups is 1. The molecule has 2 N–H and O–H groups in total. The van der Waals surface area contributed by atoms with Crippen LogP contribution in [0.4, 0.5) is 14.9 Å². The number of nitrogens with zero attached hydrogens (tertiary/aromatic N) is 4. The number of carbonyl (C=O) groups is 2. The zero-order chi connectivity index (χ0) is 23.1. The quantitative estimate of drug-likeness (QED) is 0.688. The van der Waals surface area contributed by atoms with Crippen LogP contribution in [-0.2, 0) is 24.3 Å². The number of hydroxylamine groups is 2. The Morgan fingerprint density at radius 2 is 2.00 bits per heavy atom. The van der Waals surface area contributed by atoms with Gasteiger partial charge in [-0.15, -0.1) is 0 Å². The van der Waals surface area contributed by atoms with Crippen LogP contribution in [0.15, 0.2) is 18.2 Å². The molecule has 4 rings (SSSR count). The first-order valence-corrected chi connectivity index (χ1v) is 10.3. The van der Waals surface area contributed by atoms with Crippen LogP contribution in [0.1, 0.15) is 35.6 Å². The number of halogens is 2. The van der Waals surface area contributed by atoms with Crippen molar-refractivity contribution in [1.82, 2.24) is 19.7 Å². The van der Waals surface area contributed by atoms with Gasteiger partial charge in [-0.2, -0.15) is 5.10 Å². The lowest BCUT2D eigenvalue weighted by atomic mass is 10.1. The van der Waals surface area contributed by atoms with Crippen molar-refractivity contribution in [2.45, 2.75) is 33.4 Å². The van der Waals surface area contributed by atoms with Crippen molar-refractivity contribution in [3.8, 4) is 0 Å². The number of benzene rings is 1. The minimum absolute atomic E-state index is 0.0654. The van der Waals surface area contributed by atoms with Gasteiger partial charge in [0.25, 0.3) is 5.91 Å². The van der Waals surface area contributed by atoms with Crippen molar-refractivity contribution < 1.29 is 23.9 Å².